The number of carbonyl (C=O) groups is 1. The molecular weight excluding hydrogens is 376 g/mol. The fourth-order valence-corrected chi connectivity index (χ4v) is 3.92. The molecule has 1 saturated heterocycles. The topological polar surface area (TPSA) is 73.0 Å². The van der Waals surface area contributed by atoms with Crippen molar-refractivity contribution in [3.8, 4) is 5.75 Å². The van der Waals surface area contributed by atoms with Crippen molar-refractivity contribution in [2.24, 2.45) is 0 Å². The van der Waals surface area contributed by atoms with E-state index in [1.165, 1.54) is 18.2 Å². The molecule has 0 radical (unpaired) electrons. The van der Waals surface area contributed by atoms with Gasteiger partial charge in [-0.15, -0.1) is 0 Å². The SMILES string of the molecule is Cc1ccc(S(=O)(=O)Oc2ccccc2C(=O)[C@H]2O[C@H]2c2ccccc2)cc1. The lowest BCUT2D eigenvalue weighted by Crippen LogP contribution is -2.15. The Morgan fingerprint density at radius 1 is 0.893 bits per heavy atom. The number of ether oxygens (including phenoxy) is 1. The van der Waals surface area contributed by atoms with Crippen molar-refractivity contribution in [3.05, 3.63) is 95.6 Å². The molecule has 5 nitrogen and oxygen atoms in total. The highest BCUT2D eigenvalue weighted by atomic mass is 32.2. The Morgan fingerprint density at radius 3 is 2.25 bits per heavy atom. The molecule has 0 spiro atoms. The molecule has 2 atom stereocenters. The number of rotatable bonds is 6. The van der Waals surface area contributed by atoms with E-state index in [0.717, 1.165) is 11.1 Å². The number of Topliss-reactive ketones (excluding diaryl/α,β-unsaturated/α-hetero) is 1. The predicted octanol–water partition coefficient (Wildman–Crippen LogP) is 4.09. The number of hydrogen-bond acceptors (Lipinski definition) is 5. The van der Waals surface area contributed by atoms with Crippen molar-refractivity contribution < 1.29 is 22.1 Å². The van der Waals surface area contributed by atoms with E-state index in [9.17, 15) is 13.2 Å². The molecule has 28 heavy (non-hydrogen) atoms. The van der Waals surface area contributed by atoms with Crippen LogP contribution in [0, 0.1) is 6.92 Å². The smallest absolute Gasteiger partial charge is 0.339 e. The summed E-state index contributed by atoms with van der Waals surface area (Å²) in [7, 11) is -4.05. The lowest BCUT2D eigenvalue weighted by molar-refractivity contribution is 0.0952. The summed E-state index contributed by atoms with van der Waals surface area (Å²) in [6.45, 7) is 1.87. The van der Waals surface area contributed by atoms with Crippen molar-refractivity contribution in [2.75, 3.05) is 0 Å². The van der Waals surface area contributed by atoms with Crippen LogP contribution in [-0.4, -0.2) is 20.3 Å². The van der Waals surface area contributed by atoms with Gasteiger partial charge in [-0.2, -0.15) is 8.42 Å². The van der Waals surface area contributed by atoms with Gasteiger partial charge in [-0.1, -0.05) is 60.2 Å². The fourth-order valence-electron chi connectivity index (χ4n) is 2.98. The molecule has 6 heteroatoms. The Balaban J connectivity index is 1.58. The van der Waals surface area contributed by atoms with Crippen LogP contribution in [0.3, 0.4) is 0 Å². The first-order valence-electron chi connectivity index (χ1n) is 8.80. The minimum Gasteiger partial charge on any atom is -0.378 e. The number of hydrogen-bond donors (Lipinski definition) is 0. The zero-order valence-corrected chi connectivity index (χ0v) is 15.9. The molecule has 1 aliphatic rings. The van der Waals surface area contributed by atoms with Gasteiger partial charge in [0, 0.05) is 0 Å². The van der Waals surface area contributed by atoms with Crippen LogP contribution in [0.25, 0.3) is 0 Å². The second-order valence-electron chi connectivity index (χ2n) is 6.60. The lowest BCUT2D eigenvalue weighted by Gasteiger charge is -2.10. The summed E-state index contributed by atoms with van der Waals surface area (Å²) >= 11 is 0. The van der Waals surface area contributed by atoms with Crippen LogP contribution in [0.1, 0.15) is 27.6 Å². The van der Waals surface area contributed by atoms with Gasteiger partial charge in [0.15, 0.2) is 17.6 Å². The Hall–Kier alpha value is -2.96. The predicted molar refractivity (Wildman–Crippen MR) is 104 cm³/mol. The van der Waals surface area contributed by atoms with E-state index in [1.54, 1.807) is 30.3 Å². The van der Waals surface area contributed by atoms with Gasteiger partial charge in [0.05, 0.1) is 5.56 Å². The molecule has 1 heterocycles. The minimum atomic E-state index is -4.05. The molecule has 3 aromatic carbocycles. The fraction of sp³-hybridized carbons (Fsp3) is 0.136. The average molecular weight is 394 g/mol. The second kappa shape index (κ2) is 7.22. The molecule has 0 bridgehead atoms. The van der Waals surface area contributed by atoms with Crippen LogP contribution in [-0.2, 0) is 14.9 Å². The third kappa shape index (κ3) is 3.69. The summed E-state index contributed by atoms with van der Waals surface area (Å²) in [5.41, 5.74) is 2.03. The normalized spacial score (nSPS) is 18.5. The monoisotopic (exact) mass is 394 g/mol. The van der Waals surface area contributed by atoms with E-state index in [-0.39, 0.29) is 28.1 Å². The summed E-state index contributed by atoms with van der Waals surface area (Å²) in [6.07, 6.45) is -0.968. The summed E-state index contributed by atoms with van der Waals surface area (Å²) in [6, 6.07) is 22.1. The standard InChI is InChI=1S/C22H18O5S/c1-15-11-13-17(14-12-15)28(24,25)27-19-10-6-5-9-18(19)20(23)22-21(26-22)16-7-3-2-4-8-16/h2-14,21-22H,1H3/t21-,22+/m0/s1. The molecule has 1 aliphatic heterocycles. The molecule has 3 aromatic rings. The molecule has 4 rings (SSSR count). The summed E-state index contributed by atoms with van der Waals surface area (Å²) in [5.74, 6) is -0.307. The van der Waals surface area contributed by atoms with Crippen molar-refractivity contribution in [1.82, 2.24) is 0 Å². The second-order valence-corrected chi connectivity index (χ2v) is 8.15. The number of para-hydroxylation sites is 1. The summed E-state index contributed by atoms with van der Waals surface area (Å²) in [4.78, 5) is 12.9. The summed E-state index contributed by atoms with van der Waals surface area (Å²) < 4.78 is 36.0. The van der Waals surface area contributed by atoms with E-state index in [0.29, 0.717) is 0 Å². The van der Waals surface area contributed by atoms with E-state index >= 15 is 0 Å². The van der Waals surface area contributed by atoms with Gasteiger partial charge in [0.25, 0.3) is 0 Å². The number of ketones is 1. The van der Waals surface area contributed by atoms with Crippen molar-refractivity contribution >= 4 is 15.9 Å². The van der Waals surface area contributed by atoms with Gasteiger partial charge in [-0.3, -0.25) is 4.79 Å². The van der Waals surface area contributed by atoms with Crippen LogP contribution in [0.15, 0.2) is 83.8 Å². The minimum absolute atomic E-state index is 0.00427. The maximum absolute atomic E-state index is 12.9. The van der Waals surface area contributed by atoms with E-state index in [1.807, 2.05) is 37.3 Å². The molecular formula is C22H18O5S. The van der Waals surface area contributed by atoms with E-state index in [2.05, 4.69) is 0 Å². The third-order valence-electron chi connectivity index (χ3n) is 4.54. The number of aryl methyl sites for hydroxylation is 1. The van der Waals surface area contributed by atoms with Crippen molar-refractivity contribution in [1.29, 1.82) is 0 Å². The summed E-state index contributed by atoms with van der Waals surface area (Å²) in [5, 5.41) is 0. The Kier molecular flexibility index (Phi) is 4.75. The van der Waals surface area contributed by atoms with Gasteiger partial charge < -0.3 is 8.92 Å². The molecule has 0 aliphatic carbocycles. The highest BCUT2D eigenvalue weighted by Crippen LogP contribution is 2.41. The third-order valence-corrected chi connectivity index (χ3v) is 5.79. The number of carbonyl (C=O) groups excluding carboxylic acids is 1. The highest BCUT2D eigenvalue weighted by Gasteiger charge is 2.47. The van der Waals surface area contributed by atoms with Gasteiger partial charge in [-0.25, -0.2) is 0 Å². The number of epoxide rings is 1. The van der Waals surface area contributed by atoms with E-state index in [4.69, 9.17) is 8.92 Å². The number of benzene rings is 3. The van der Waals surface area contributed by atoms with Gasteiger partial charge in [0.1, 0.15) is 11.0 Å². The maximum atomic E-state index is 12.9. The van der Waals surface area contributed by atoms with Gasteiger partial charge in [0.2, 0.25) is 0 Å². The highest BCUT2D eigenvalue weighted by molar-refractivity contribution is 7.87. The largest absolute Gasteiger partial charge is 0.378 e. The molecule has 142 valence electrons. The quantitative estimate of drug-likeness (QED) is 0.358. The first-order chi connectivity index (χ1) is 13.5. The van der Waals surface area contributed by atoms with Crippen LogP contribution < -0.4 is 4.18 Å². The van der Waals surface area contributed by atoms with Crippen LogP contribution in [0.5, 0.6) is 5.75 Å². The zero-order valence-electron chi connectivity index (χ0n) is 15.1. The lowest BCUT2D eigenvalue weighted by atomic mass is 10.0. The van der Waals surface area contributed by atoms with Crippen molar-refractivity contribution in [3.63, 3.8) is 0 Å². The van der Waals surface area contributed by atoms with Crippen LogP contribution in [0.4, 0.5) is 0 Å². The Morgan fingerprint density at radius 2 is 1.54 bits per heavy atom. The van der Waals surface area contributed by atoms with Gasteiger partial charge >= 0.3 is 10.1 Å². The first-order valence-corrected chi connectivity index (χ1v) is 10.2. The van der Waals surface area contributed by atoms with Crippen LogP contribution in [0.2, 0.25) is 0 Å². The van der Waals surface area contributed by atoms with Crippen LogP contribution >= 0.6 is 0 Å². The van der Waals surface area contributed by atoms with E-state index < -0.39 is 16.2 Å². The average Bonchev–Trinajstić information content (AvgIpc) is 3.49. The molecule has 0 unspecified atom stereocenters. The maximum Gasteiger partial charge on any atom is 0.339 e. The molecule has 0 saturated carbocycles. The molecule has 0 N–H and O–H groups in total. The molecule has 1 fully saturated rings. The zero-order chi connectivity index (χ0) is 19.7. The van der Waals surface area contributed by atoms with Gasteiger partial charge in [-0.05, 0) is 36.8 Å². The first kappa shape index (κ1) is 18.4. The Bertz CT molecular complexity index is 1110. The van der Waals surface area contributed by atoms with Crippen molar-refractivity contribution in [2.45, 2.75) is 24.0 Å². The molecule has 0 aromatic heterocycles. The molecule has 0 amide bonds. The Labute approximate surface area is 163 Å².